The van der Waals surface area contributed by atoms with Crippen LogP contribution in [0.4, 0.5) is 0 Å². The lowest BCUT2D eigenvalue weighted by Crippen LogP contribution is -2.28. The van der Waals surface area contributed by atoms with Crippen LogP contribution in [0.1, 0.15) is 6.92 Å². The van der Waals surface area contributed by atoms with Gasteiger partial charge in [0.25, 0.3) is 0 Å². The van der Waals surface area contributed by atoms with Crippen LogP contribution in [0.15, 0.2) is 24.4 Å². The summed E-state index contributed by atoms with van der Waals surface area (Å²) in [6.07, 6.45) is 3.69. The molecular formula is C6H13BN2. The number of hydrogen-bond acceptors (Lipinski definition) is 2. The van der Waals surface area contributed by atoms with Crippen molar-refractivity contribution in [3.8, 4) is 0 Å². The molecule has 0 aromatic heterocycles. The van der Waals surface area contributed by atoms with Gasteiger partial charge in [-0.2, -0.15) is 0 Å². The molecule has 0 saturated carbocycles. The summed E-state index contributed by atoms with van der Waals surface area (Å²) in [5.41, 5.74) is 1.12. The van der Waals surface area contributed by atoms with Crippen LogP contribution in [0.3, 0.4) is 0 Å². The van der Waals surface area contributed by atoms with Gasteiger partial charge in [-0.1, -0.05) is 12.7 Å². The van der Waals surface area contributed by atoms with E-state index < -0.39 is 0 Å². The van der Waals surface area contributed by atoms with Gasteiger partial charge in [-0.3, -0.25) is 0 Å². The van der Waals surface area contributed by atoms with E-state index in [9.17, 15) is 0 Å². The third kappa shape index (κ3) is 5.17. The predicted molar refractivity (Wildman–Crippen MR) is 43.3 cm³/mol. The Labute approximate surface area is 57.3 Å². The standard InChI is InChI=1S/C6H13BN2/c1-4-5-6(2)9-7-8-3/h4-5,7-9H,1H2,2-3H3/b6-5-. The molecule has 0 aromatic carbocycles. The van der Waals surface area contributed by atoms with Gasteiger partial charge in [0.1, 0.15) is 0 Å². The van der Waals surface area contributed by atoms with Crippen molar-refractivity contribution in [2.45, 2.75) is 6.92 Å². The fourth-order valence-electron chi connectivity index (χ4n) is 0.464. The number of allylic oxidation sites excluding steroid dienone is 3. The maximum atomic E-state index is 3.57. The smallest absolute Gasteiger partial charge is 0.318 e. The van der Waals surface area contributed by atoms with Gasteiger partial charge in [-0.15, -0.1) is 0 Å². The normalized spacial score (nSPS) is 10.7. The van der Waals surface area contributed by atoms with Gasteiger partial charge >= 0.3 is 7.55 Å². The Hall–Kier alpha value is -0.695. The maximum absolute atomic E-state index is 3.57. The molecule has 0 radical (unpaired) electrons. The van der Waals surface area contributed by atoms with Gasteiger partial charge in [0, 0.05) is 0 Å². The molecule has 0 bridgehead atoms. The minimum absolute atomic E-state index is 0.802. The Kier molecular flexibility index (Phi) is 5.02. The fraction of sp³-hybridized carbons (Fsp3) is 0.333. The average molecular weight is 124 g/mol. The summed E-state index contributed by atoms with van der Waals surface area (Å²) >= 11 is 0. The predicted octanol–water partition coefficient (Wildman–Crippen LogP) is 0.152. The van der Waals surface area contributed by atoms with Crippen LogP contribution in [0, 0.1) is 0 Å². The van der Waals surface area contributed by atoms with E-state index in [-0.39, 0.29) is 0 Å². The maximum Gasteiger partial charge on any atom is 0.318 e. The molecule has 0 aliphatic rings. The van der Waals surface area contributed by atoms with Crippen LogP contribution in [0.25, 0.3) is 0 Å². The summed E-state index contributed by atoms with van der Waals surface area (Å²) in [4.78, 5) is 0. The van der Waals surface area contributed by atoms with Gasteiger partial charge < -0.3 is 10.5 Å². The molecular weight excluding hydrogens is 111 g/mol. The Morgan fingerprint density at radius 1 is 1.67 bits per heavy atom. The van der Waals surface area contributed by atoms with E-state index in [1.165, 1.54) is 0 Å². The summed E-state index contributed by atoms with van der Waals surface area (Å²) in [6, 6.07) is 0. The van der Waals surface area contributed by atoms with Crippen molar-refractivity contribution in [1.29, 1.82) is 0 Å². The van der Waals surface area contributed by atoms with Crippen LogP contribution < -0.4 is 10.5 Å². The highest BCUT2D eigenvalue weighted by Crippen LogP contribution is 1.82. The van der Waals surface area contributed by atoms with Crippen molar-refractivity contribution in [3.63, 3.8) is 0 Å². The Balaban J connectivity index is 3.36. The minimum Gasteiger partial charge on any atom is -0.421 e. The molecule has 9 heavy (non-hydrogen) atoms. The SMILES string of the molecule is C=C/C=C(/C)NBNC. The molecule has 0 atom stereocenters. The molecule has 3 heteroatoms. The van der Waals surface area contributed by atoms with Crippen molar-refractivity contribution in [2.24, 2.45) is 0 Å². The number of hydrogen-bond donors (Lipinski definition) is 2. The van der Waals surface area contributed by atoms with E-state index in [4.69, 9.17) is 0 Å². The van der Waals surface area contributed by atoms with Gasteiger partial charge in [-0.25, -0.2) is 0 Å². The highest BCUT2D eigenvalue weighted by atomic mass is 14.9. The molecule has 0 spiro atoms. The zero-order chi connectivity index (χ0) is 7.11. The molecule has 0 heterocycles. The molecule has 0 aromatic rings. The summed E-state index contributed by atoms with van der Waals surface area (Å²) in [6.45, 7) is 5.57. The summed E-state index contributed by atoms with van der Waals surface area (Å²) < 4.78 is 0. The Morgan fingerprint density at radius 2 is 2.33 bits per heavy atom. The van der Waals surface area contributed by atoms with E-state index in [0.29, 0.717) is 0 Å². The first-order valence-electron chi connectivity index (χ1n) is 2.99. The van der Waals surface area contributed by atoms with Crippen molar-refractivity contribution in [1.82, 2.24) is 10.5 Å². The second kappa shape index (κ2) is 5.44. The van der Waals surface area contributed by atoms with E-state index in [2.05, 4.69) is 17.0 Å². The molecule has 2 N–H and O–H groups in total. The van der Waals surface area contributed by atoms with Crippen LogP contribution >= 0.6 is 0 Å². The van der Waals surface area contributed by atoms with Crippen molar-refractivity contribution in [2.75, 3.05) is 7.05 Å². The summed E-state index contributed by atoms with van der Waals surface area (Å²) in [7, 11) is 2.70. The van der Waals surface area contributed by atoms with Gasteiger partial charge in [-0.05, 0) is 25.7 Å². The highest BCUT2D eigenvalue weighted by Gasteiger charge is 1.83. The first kappa shape index (κ1) is 8.30. The lowest BCUT2D eigenvalue weighted by Gasteiger charge is -2.00. The summed E-state index contributed by atoms with van der Waals surface area (Å²) in [5.74, 6) is 0. The molecule has 0 amide bonds. The number of nitrogens with one attached hydrogen (secondary N) is 2. The molecule has 0 unspecified atom stereocenters. The molecule has 0 saturated heterocycles. The second-order valence-corrected chi connectivity index (χ2v) is 1.79. The highest BCUT2D eigenvalue weighted by molar-refractivity contribution is 6.29. The van der Waals surface area contributed by atoms with Gasteiger partial charge in [0.2, 0.25) is 0 Å². The first-order valence-corrected chi connectivity index (χ1v) is 2.99. The lowest BCUT2D eigenvalue weighted by molar-refractivity contribution is 1.10. The Morgan fingerprint density at radius 3 is 2.78 bits per heavy atom. The van der Waals surface area contributed by atoms with E-state index >= 15 is 0 Å². The van der Waals surface area contributed by atoms with Gasteiger partial charge in [0.05, 0.1) is 0 Å². The minimum atomic E-state index is 0.802. The van der Waals surface area contributed by atoms with Crippen LogP contribution in [-0.2, 0) is 0 Å². The van der Waals surface area contributed by atoms with Crippen LogP contribution in [0.5, 0.6) is 0 Å². The zero-order valence-corrected chi connectivity index (χ0v) is 6.07. The van der Waals surface area contributed by atoms with E-state index in [1.807, 2.05) is 20.0 Å². The lowest BCUT2D eigenvalue weighted by atomic mass is 10.2. The van der Waals surface area contributed by atoms with Crippen molar-refractivity contribution >= 4 is 7.55 Å². The van der Waals surface area contributed by atoms with Gasteiger partial charge in [0.15, 0.2) is 0 Å². The zero-order valence-electron chi connectivity index (χ0n) is 6.07. The van der Waals surface area contributed by atoms with Crippen molar-refractivity contribution < 1.29 is 0 Å². The van der Waals surface area contributed by atoms with Crippen LogP contribution in [-0.4, -0.2) is 14.6 Å². The molecule has 0 rings (SSSR count). The molecule has 2 nitrogen and oxygen atoms in total. The molecule has 0 fully saturated rings. The van der Waals surface area contributed by atoms with Crippen LogP contribution in [0.2, 0.25) is 0 Å². The molecule has 0 aliphatic carbocycles. The first-order chi connectivity index (χ1) is 4.31. The quantitative estimate of drug-likeness (QED) is 0.411. The topological polar surface area (TPSA) is 24.1 Å². The van der Waals surface area contributed by atoms with E-state index in [0.717, 1.165) is 13.2 Å². The monoisotopic (exact) mass is 124 g/mol. The Bertz CT molecular complexity index is 110. The average Bonchev–Trinajstić information content (AvgIpc) is 1.85. The van der Waals surface area contributed by atoms with Crippen molar-refractivity contribution in [3.05, 3.63) is 24.4 Å². The largest absolute Gasteiger partial charge is 0.421 e. The third-order valence-corrected chi connectivity index (χ3v) is 0.912. The third-order valence-electron chi connectivity index (χ3n) is 0.912. The number of rotatable bonds is 4. The summed E-state index contributed by atoms with van der Waals surface area (Å²) in [5, 5.41) is 6.08. The molecule has 50 valence electrons. The van der Waals surface area contributed by atoms with E-state index in [1.54, 1.807) is 6.08 Å². The molecule has 0 aliphatic heterocycles. The second-order valence-electron chi connectivity index (χ2n) is 1.79. The fourth-order valence-corrected chi connectivity index (χ4v) is 0.464.